The molecular weight excluding hydrogens is 354 g/mol. The Bertz CT molecular complexity index is 1010. The summed E-state index contributed by atoms with van der Waals surface area (Å²) in [4.78, 5) is 23.9. The zero-order valence-corrected chi connectivity index (χ0v) is 15.3. The van der Waals surface area contributed by atoms with Crippen molar-refractivity contribution in [2.45, 2.75) is 0 Å². The van der Waals surface area contributed by atoms with Gasteiger partial charge in [0.25, 0.3) is 5.91 Å². The van der Waals surface area contributed by atoms with Crippen LogP contribution in [0.4, 0.5) is 0 Å². The predicted molar refractivity (Wildman–Crippen MR) is 107 cm³/mol. The SMILES string of the molecule is COc1ccc(/C=C/C(=O)NO)c(-c2ccc(C(=O)c3ccccc3)cc2)c1. The van der Waals surface area contributed by atoms with Gasteiger partial charge in [-0.25, -0.2) is 5.48 Å². The van der Waals surface area contributed by atoms with E-state index in [9.17, 15) is 9.59 Å². The Kier molecular flexibility index (Phi) is 5.99. The summed E-state index contributed by atoms with van der Waals surface area (Å²) in [6, 6.07) is 21.8. The minimum absolute atomic E-state index is 0.0440. The van der Waals surface area contributed by atoms with Crippen molar-refractivity contribution in [2.75, 3.05) is 7.11 Å². The third kappa shape index (κ3) is 4.34. The summed E-state index contributed by atoms with van der Waals surface area (Å²) in [5.74, 6) is 0.00583. The van der Waals surface area contributed by atoms with Gasteiger partial charge in [0.15, 0.2) is 5.78 Å². The molecule has 0 aliphatic rings. The lowest BCUT2D eigenvalue weighted by molar-refractivity contribution is -0.124. The van der Waals surface area contributed by atoms with E-state index < -0.39 is 5.91 Å². The van der Waals surface area contributed by atoms with Gasteiger partial charge < -0.3 is 4.74 Å². The number of methoxy groups -OCH3 is 1. The van der Waals surface area contributed by atoms with Crippen LogP contribution in [0.2, 0.25) is 0 Å². The van der Waals surface area contributed by atoms with Gasteiger partial charge in [0, 0.05) is 17.2 Å². The number of ketones is 1. The highest BCUT2D eigenvalue weighted by Crippen LogP contribution is 2.29. The average molecular weight is 373 g/mol. The molecule has 0 unspecified atom stereocenters. The summed E-state index contributed by atoms with van der Waals surface area (Å²) in [6.07, 6.45) is 2.84. The van der Waals surface area contributed by atoms with Crippen LogP contribution in [0.1, 0.15) is 21.5 Å². The quantitative estimate of drug-likeness (QED) is 0.295. The van der Waals surface area contributed by atoms with Gasteiger partial charge in [-0.2, -0.15) is 0 Å². The molecule has 3 rings (SSSR count). The van der Waals surface area contributed by atoms with Crippen LogP contribution in [0.3, 0.4) is 0 Å². The lowest BCUT2D eigenvalue weighted by atomic mass is 9.96. The van der Waals surface area contributed by atoms with Crippen LogP contribution in [-0.2, 0) is 4.79 Å². The second-order valence-corrected chi connectivity index (χ2v) is 6.04. The number of nitrogens with one attached hydrogen (secondary N) is 1. The molecule has 3 aromatic carbocycles. The first-order chi connectivity index (χ1) is 13.6. The van der Waals surface area contributed by atoms with Crippen LogP contribution in [-0.4, -0.2) is 24.0 Å². The van der Waals surface area contributed by atoms with E-state index in [0.717, 1.165) is 16.7 Å². The van der Waals surface area contributed by atoms with Crippen molar-refractivity contribution in [3.63, 3.8) is 0 Å². The Labute approximate surface area is 162 Å². The number of benzene rings is 3. The molecular formula is C23H19NO4. The van der Waals surface area contributed by atoms with E-state index in [1.54, 1.807) is 49.0 Å². The summed E-state index contributed by atoms with van der Waals surface area (Å²) in [5.41, 5.74) is 5.26. The molecule has 0 aliphatic carbocycles. The number of hydrogen-bond donors (Lipinski definition) is 2. The van der Waals surface area contributed by atoms with Crippen molar-refractivity contribution >= 4 is 17.8 Å². The summed E-state index contributed by atoms with van der Waals surface area (Å²) in [7, 11) is 1.58. The van der Waals surface area contributed by atoms with Gasteiger partial charge in [0.2, 0.25) is 0 Å². The van der Waals surface area contributed by atoms with Crippen molar-refractivity contribution in [3.8, 4) is 16.9 Å². The van der Waals surface area contributed by atoms with E-state index in [2.05, 4.69) is 0 Å². The van der Waals surface area contributed by atoms with Crippen LogP contribution in [0.5, 0.6) is 5.75 Å². The molecule has 1 amide bonds. The van der Waals surface area contributed by atoms with E-state index in [1.165, 1.54) is 6.08 Å². The molecule has 2 N–H and O–H groups in total. The predicted octanol–water partition coefficient (Wildman–Crippen LogP) is 4.11. The Hall–Kier alpha value is -3.70. The number of amides is 1. The van der Waals surface area contributed by atoms with Gasteiger partial charge in [-0.3, -0.25) is 14.8 Å². The number of carbonyl (C=O) groups excluding carboxylic acids is 2. The third-order valence-corrected chi connectivity index (χ3v) is 4.28. The Balaban J connectivity index is 1.95. The molecule has 0 radical (unpaired) electrons. The van der Waals surface area contributed by atoms with Crippen LogP contribution >= 0.6 is 0 Å². The molecule has 5 nitrogen and oxygen atoms in total. The van der Waals surface area contributed by atoms with Crippen molar-refractivity contribution < 1.29 is 19.5 Å². The Morgan fingerprint density at radius 1 is 0.929 bits per heavy atom. The second-order valence-electron chi connectivity index (χ2n) is 6.04. The summed E-state index contributed by atoms with van der Waals surface area (Å²) in [5, 5.41) is 8.66. The van der Waals surface area contributed by atoms with Gasteiger partial charge in [0.05, 0.1) is 7.11 Å². The maximum absolute atomic E-state index is 12.6. The van der Waals surface area contributed by atoms with E-state index in [1.807, 2.05) is 42.5 Å². The third-order valence-electron chi connectivity index (χ3n) is 4.28. The number of rotatable bonds is 6. The van der Waals surface area contributed by atoms with Crippen molar-refractivity contribution in [1.82, 2.24) is 5.48 Å². The highest BCUT2D eigenvalue weighted by molar-refractivity contribution is 6.09. The first-order valence-corrected chi connectivity index (χ1v) is 8.62. The van der Waals surface area contributed by atoms with E-state index in [0.29, 0.717) is 16.9 Å². The molecule has 3 aromatic rings. The summed E-state index contributed by atoms with van der Waals surface area (Å²) in [6.45, 7) is 0. The fraction of sp³-hybridized carbons (Fsp3) is 0.0435. The van der Waals surface area contributed by atoms with Gasteiger partial charge in [-0.1, -0.05) is 60.7 Å². The fourth-order valence-electron chi connectivity index (χ4n) is 2.82. The van der Waals surface area contributed by atoms with Crippen LogP contribution in [0, 0.1) is 0 Å². The zero-order chi connectivity index (χ0) is 19.9. The molecule has 5 heteroatoms. The molecule has 28 heavy (non-hydrogen) atoms. The topological polar surface area (TPSA) is 75.6 Å². The number of hydrogen-bond acceptors (Lipinski definition) is 4. The first-order valence-electron chi connectivity index (χ1n) is 8.62. The fourth-order valence-corrected chi connectivity index (χ4v) is 2.82. The van der Waals surface area contributed by atoms with Crippen molar-refractivity contribution in [2.24, 2.45) is 0 Å². The lowest BCUT2D eigenvalue weighted by Gasteiger charge is -2.10. The maximum atomic E-state index is 12.6. The zero-order valence-electron chi connectivity index (χ0n) is 15.3. The normalized spacial score (nSPS) is 10.6. The lowest BCUT2D eigenvalue weighted by Crippen LogP contribution is -2.14. The number of carbonyl (C=O) groups is 2. The monoisotopic (exact) mass is 373 g/mol. The summed E-state index contributed by atoms with van der Waals surface area (Å²) < 4.78 is 5.30. The van der Waals surface area contributed by atoms with E-state index in [4.69, 9.17) is 9.94 Å². The smallest absolute Gasteiger partial charge is 0.267 e. The summed E-state index contributed by atoms with van der Waals surface area (Å²) >= 11 is 0. The minimum atomic E-state index is -0.620. The van der Waals surface area contributed by atoms with Crippen LogP contribution < -0.4 is 10.2 Å². The molecule has 0 bridgehead atoms. The highest BCUT2D eigenvalue weighted by Gasteiger charge is 2.10. The van der Waals surface area contributed by atoms with Crippen molar-refractivity contribution in [1.29, 1.82) is 0 Å². The van der Waals surface area contributed by atoms with Gasteiger partial charge >= 0.3 is 0 Å². The number of ether oxygens (including phenoxy) is 1. The average Bonchev–Trinajstić information content (AvgIpc) is 2.77. The molecule has 0 aliphatic heterocycles. The highest BCUT2D eigenvalue weighted by atomic mass is 16.5. The molecule has 0 fully saturated rings. The van der Waals surface area contributed by atoms with Crippen molar-refractivity contribution in [3.05, 3.63) is 95.6 Å². The van der Waals surface area contributed by atoms with E-state index >= 15 is 0 Å². The van der Waals surface area contributed by atoms with Crippen LogP contribution in [0.25, 0.3) is 17.2 Å². The van der Waals surface area contributed by atoms with E-state index in [-0.39, 0.29) is 5.78 Å². The molecule has 140 valence electrons. The molecule has 0 heterocycles. The number of hydroxylamine groups is 1. The standard InChI is InChI=1S/C23H19NO4/c1-28-20-13-11-17(12-14-22(25)24-27)21(15-20)16-7-9-19(10-8-16)23(26)18-5-3-2-4-6-18/h2-15,27H,1H3,(H,24,25)/b14-12+. The molecule has 0 atom stereocenters. The van der Waals surface area contributed by atoms with Gasteiger partial charge in [-0.15, -0.1) is 0 Å². The van der Waals surface area contributed by atoms with Gasteiger partial charge in [0.1, 0.15) is 5.75 Å². The first kappa shape index (κ1) is 19.1. The second kappa shape index (κ2) is 8.79. The largest absolute Gasteiger partial charge is 0.497 e. The molecule has 0 spiro atoms. The Morgan fingerprint density at radius 3 is 2.25 bits per heavy atom. The molecule has 0 saturated heterocycles. The Morgan fingerprint density at radius 2 is 1.61 bits per heavy atom. The maximum Gasteiger partial charge on any atom is 0.267 e. The molecule has 0 aromatic heterocycles. The molecule has 0 saturated carbocycles. The minimum Gasteiger partial charge on any atom is -0.497 e. The van der Waals surface area contributed by atoms with Gasteiger partial charge in [-0.05, 0) is 34.9 Å². The van der Waals surface area contributed by atoms with Crippen LogP contribution in [0.15, 0.2) is 78.9 Å².